The highest BCUT2D eigenvalue weighted by molar-refractivity contribution is 5.77. The highest BCUT2D eigenvalue weighted by atomic mass is 19.4. The van der Waals surface area contributed by atoms with Crippen LogP contribution in [0.5, 0.6) is 0 Å². The van der Waals surface area contributed by atoms with Crippen molar-refractivity contribution in [2.75, 3.05) is 6.61 Å². The second-order valence-electron chi connectivity index (χ2n) is 5.55. The molecule has 0 N–H and O–H groups in total. The Morgan fingerprint density at radius 2 is 1.88 bits per heavy atom. The van der Waals surface area contributed by atoms with Gasteiger partial charge in [-0.2, -0.15) is 18.3 Å². The van der Waals surface area contributed by atoms with Crippen LogP contribution in [-0.4, -0.2) is 18.7 Å². The van der Waals surface area contributed by atoms with Crippen molar-refractivity contribution in [3.63, 3.8) is 0 Å². The molecule has 1 aliphatic heterocycles. The first kappa shape index (κ1) is 18.1. The van der Waals surface area contributed by atoms with E-state index in [-0.39, 0.29) is 18.6 Å². The quantitative estimate of drug-likeness (QED) is 0.746. The SMILES string of the molecule is O=C1COC(Cc2ccc(F)cc2-c2cccc(C(F)(F)F)c2F)N=N1. The Morgan fingerprint density at radius 3 is 2.54 bits per heavy atom. The topological polar surface area (TPSA) is 51.0 Å². The lowest BCUT2D eigenvalue weighted by Crippen LogP contribution is -2.22. The van der Waals surface area contributed by atoms with Gasteiger partial charge in [-0.1, -0.05) is 18.2 Å². The molecule has 0 radical (unpaired) electrons. The fraction of sp³-hybridized carbons (Fsp3) is 0.235. The molecule has 26 heavy (non-hydrogen) atoms. The summed E-state index contributed by atoms with van der Waals surface area (Å²) in [5.74, 6) is -2.79. The van der Waals surface area contributed by atoms with Crippen molar-refractivity contribution in [1.29, 1.82) is 0 Å². The average Bonchev–Trinajstić information content (AvgIpc) is 2.58. The van der Waals surface area contributed by atoms with E-state index >= 15 is 0 Å². The van der Waals surface area contributed by atoms with E-state index in [0.29, 0.717) is 11.6 Å². The van der Waals surface area contributed by atoms with E-state index in [1.807, 2.05) is 0 Å². The molecule has 1 atom stereocenters. The summed E-state index contributed by atoms with van der Waals surface area (Å²) in [6.45, 7) is -0.289. The minimum atomic E-state index is -4.88. The predicted octanol–water partition coefficient (Wildman–Crippen LogP) is 4.53. The normalized spacial score (nSPS) is 17.6. The molecule has 4 nitrogen and oxygen atoms in total. The molecule has 1 aliphatic rings. The number of rotatable bonds is 3. The zero-order valence-electron chi connectivity index (χ0n) is 13.1. The molecule has 0 aromatic heterocycles. The van der Waals surface area contributed by atoms with Crippen molar-refractivity contribution in [3.05, 3.63) is 59.2 Å². The molecule has 136 valence electrons. The summed E-state index contributed by atoms with van der Waals surface area (Å²) >= 11 is 0. The van der Waals surface area contributed by atoms with Gasteiger partial charge in [0.2, 0.25) is 0 Å². The highest BCUT2D eigenvalue weighted by Crippen LogP contribution is 2.37. The van der Waals surface area contributed by atoms with E-state index in [1.165, 1.54) is 6.07 Å². The molecule has 2 aromatic carbocycles. The largest absolute Gasteiger partial charge is 0.419 e. The van der Waals surface area contributed by atoms with Crippen LogP contribution in [0.15, 0.2) is 46.6 Å². The van der Waals surface area contributed by atoms with Gasteiger partial charge in [0.25, 0.3) is 5.91 Å². The van der Waals surface area contributed by atoms with E-state index in [1.54, 1.807) is 0 Å². The molecular weight excluding hydrogens is 359 g/mol. The van der Waals surface area contributed by atoms with Crippen molar-refractivity contribution in [1.82, 2.24) is 0 Å². The van der Waals surface area contributed by atoms with Crippen LogP contribution in [0.25, 0.3) is 11.1 Å². The molecule has 3 rings (SSSR count). The number of alkyl halides is 3. The fourth-order valence-corrected chi connectivity index (χ4v) is 2.58. The van der Waals surface area contributed by atoms with Gasteiger partial charge in [-0.3, -0.25) is 4.79 Å². The van der Waals surface area contributed by atoms with Crippen LogP contribution < -0.4 is 0 Å². The van der Waals surface area contributed by atoms with E-state index in [2.05, 4.69) is 10.2 Å². The first-order chi connectivity index (χ1) is 12.3. The fourth-order valence-electron chi connectivity index (χ4n) is 2.58. The smallest absolute Gasteiger partial charge is 0.344 e. The van der Waals surface area contributed by atoms with Crippen LogP contribution in [-0.2, 0) is 22.1 Å². The molecule has 1 unspecified atom stereocenters. The van der Waals surface area contributed by atoms with Crippen LogP contribution in [0.2, 0.25) is 0 Å². The lowest BCUT2D eigenvalue weighted by molar-refractivity contribution is -0.139. The van der Waals surface area contributed by atoms with Crippen LogP contribution >= 0.6 is 0 Å². The minimum Gasteiger partial charge on any atom is -0.344 e. The number of carbonyl (C=O) groups excluding carboxylic acids is 1. The number of amides is 1. The number of halogens is 5. The minimum absolute atomic E-state index is 0.0118. The van der Waals surface area contributed by atoms with E-state index in [9.17, 15) is 26.7 Å². The molecule has 9 heteroatoms. The second kappa shape index (κ2) is 6.91. The Hall–Kier alpha value is -2.68. The van der Waals surface area contributed by atoms with E-state index < -0.39 is 41.1 Å². The van der Waals surface area contributed by atoms with Gasteiger partial charge in [0, 0.05) is 12.0 Å². The van der Waals surface area contributed by atoms with Gasteiger partial charge in [-0.25, -0.2) is 8.78 Å². The first-order valence-corrected chi connectivity index (χ1v) is 7.45. The summed E-state index contributed by atoms with van der Waals surface area (Å²) in [5, 5.41) is 6.98. The standard InChI is InChI=1S/C17H11F5N2O2/c18-10-5-4-9(6-15-24-23-14(25)8-26-15)12(7-10)11-2-1-3-13(16(11)19)17(20,21)22/h1-5,7,15H,6,8H2. The van der Waals surface area contributed by atoms with Crippen molar-refractivity contribution in [2.24, 2.45) is 10.2 Å². The number of nitrogens with zero attached hydrogens (tertiary/aromatic N) is 2. The summed E-state index contributed by atoms with van der Waals surface area (Å²) in [6.07, 6.45) is -5.76. The lowest BCUT2D eigenvalue weighted by Gasteiger charge is -2.18. The van der Waals surface area contributed by atoms with Crippen LogP contribution in [0.3, 0.4) is 0 Å². The monoisotopic (exact) mass is 370 g/mol. The maximum absolute atomic E-state index is 14.4. The molecule has 1 heterocycles. The van der Waals surface area contributed by atoms with Gasteiger partial charge >= 0.3 is 6.18 Å². The van der Waals surface area contributed by atoms with Crippen LogP contribution in [0.4, 0.5) is 22.0 Å². The lowest BCUT2D eigenvalue weighted by atomic mass is 9.95. The molecule has 0 bridgehead atoms. The molecular formula is C17H11F5N2O2. The van der Waals surface area contributed by atoms with Gasteiger partial charge in [0.05, 0.1) is 5.56 Å². The number of hydrogen-bond donors (Lipinski definition) is 0. The van der Waals surface area contributed by atoms with Crippen LogP contribution in [0.1, 0.15) is 11.1 Å². The van der Waals surface area contributed by atoms with Crippen LogP contribution in [0, 0.1) is 11.6 Å². The molecule has 0 saturated heterocycles. The number of ether oxygens (including phenoxy) is 1. The van der Waals surface area contributed by atoms with Crippen molar-refractivity contribution in [2.45, 2.75) is 18.8 Å². The summed E-state index contributed by atoms with van der Waals surface area (Å²) < 4.78 is 72.1. The third-order valence-corrected chi connectivity index (χ3v) is 3.76. The molecule has 2 aromatic rings. The van der Waals surface area contributed by atoms with Gasteiger partial charge in [-0.05, 0) is 29.3 Å². The predicted molar refractivity (Wildman–Crippen MR) is 80.1 cm³/mol. The Balaban J connectivity index is 2.04. The van der Waals surface area contributed by atoms with Gasteiger partial charge in [0.15, 0.2) is 6.23 Å². The van der Waals surface area contributed by atoms with E-state index in [4.69, 9.17) is 4.74 Å². The molecule has 0 aliphatic carbocycles. The van der Waals surface area contributed by atoms with Gasteiger partial charge in [-0.15, -0.1) is 5.11 Å². The first-order valence-electron chi connectivity index (χ1n) is 7.45. The summed E-state index contributed by atoms with van der Waals surface area (Å²) in [7, 11) is 0. The summed E-state index contributed by atoms with van der Waals surface area (Å²) in [4.78, 5) is 11.0. The molecule has 0 saturated carbocycles. The third kappa shape index (κ3) is 3.77. The Morgan fingerprint density at radius 1 is 1.12 bits per heavy atom. The zero-order chi connectivity index (χ0) is 18.9. The summed E-state index contributed by atoms with van der Waals surface area (Å²) in [6, 6.07) is 6.14. The number of hydrogen-bond acceptors (Lipinski definition) is 3. The third-order valence-electron chi connectivity index (χ3n) is 3.76. The number of azo groups is 1. The zero-order valence-corrected chi connectivity index (χ0v) is 13.1. The van der Waals surface area contributed by atoms with Crippen molar-refractivity contribution < 1.29 is 31.5 Å². The van der Waals surface area contributed by atoms with Gasteiger partial charge < -0.3 is 4.74 Å². The molecule has 1 amide bonds. The van der Waals surface area contributed by atoms with Gasteiger partial charge in [0.1, 0.15) is 18.2 Å². The van der Waals surface area contributed by atoms with E-state index in [0.717, 1.165) is 24.3 Å². The highest BCUT2D eigenvalue weighted by Gasteiger charge is 2.35. The maximum Gasteiger partial charge on any atom is 0.419 e. The Labute approximate surface area is 144 Å². The van der Waals surface area contributed by atoms with Crippen molar-refractivity contribution in [3.8, 4) is 11.1 Å². The molecule has 0 fully saturated rings. The summed E-state index contributed by atoms with van der Waals surface area (Å²) in [5.41, 5.74) is -1.57. The Kier molecular flexibility index (Phi) is 4.82. The second-order valence-corrected chi connectivity index (χ2v) is 5.55. The Bertz CT molecular complexity index is 880. The maximum atomic E-state index is 14.4. The van der Waals surface area contributed by atoms with Crippen molar-refractivity contribution >= 4 is 5.91 Å². The average molecular weight is 370 g/mol. The number of carbonyl (C=O) groups is 1. The molecule has 0 spiro atoms. The number of benzene rings is 2.